The summed E-state index contributed by atoms with van der Waals surface area (Å²) in [6.07, 6.45) is 8.06. The van der Waals surface area contributed by atoms with E-state index in [0.717, 1.165) is 19.3 Å². The SMILES string of the molecule is CCCCc1ccc2c3ccccc3n(-c3ccc4c(c3)-c3cccc[n+]3C(C)(CC)C4(C)CC)c2c1. The van der Waals surface area contributed by atoms with Gasteiger partial charge in [-0.15, -0.1) is 0 Å². The number of para-hydroxylation sites is 1. The van der Waals surface area contributed by atoms with Gasteiger partial charge in [-0.2, -0.15) is 4.57 Å². The molecule has 2 aromatic heterocycles. The zero-order valence-corrected chi connectivity index (χ0v) is 23.0. The van der Waals surface area contributed by atoms with Crippen molar-refractivity contribution in [1.82, 2.24) is 4.57 Å². The molecule has 0 radical (unpaired) electrons. The lowest BCUT2D eigenvalue weighted by Gasteiger charge is -2.46. The van der Waals surface area contributed by atoms with Gasteiger partial charge in [-0.05, 0) is 67.6 Å². The third-order valence-electron chi connectivity index (χ3n) is 9.66. The van der Waals surface area contributed by atoms with Crippen LogP contribution in [0, 0.1) is 0 Å². The molecule has 3 aromatic carbocycles. The first-order valence-electron chi connectivity index (χ1n) is 14.2. The quantitative estimate of drug-likeness (QED) is 0.211. The number of nitrogens with zero attached hydrogens (tertiary/aromatic N) is 2. The van der Waals surface area contributed by atoms with Crippen molar-refractivity contribution < 1.29 is 4.57 Å². The van der Waals surface area contributed by atoms with Gasteiger partial charge in [0.15, 0.2) is 11.7 Å². The monoisotopic (exact) mass is 487 g/mol. The molecule has 5 aromatic rings. The normalized spacial score (nSPS) is 20.8. The summed E-state index contributed by atoms with van der Waals surface area (Å²) in [5.41, 5.74) is 9.47. The van der Waals surface area contributed by atoms with Crippen LogP contribution in [0.2, 0.25) is 0 Å². The molecule has 37 heavy (non-hydrogen) atoms. The van der Waals surface area contributed by atoms with E-state index in [4.69, 9.17) is 0 Å². The second-order valence-corrected chi connectivity index (χ2v) is 11.3. The van der Waals surface area contributed by atoms with Gasteiger partial charge < -0.3 is 4.57 Å². The summed E-state index contributed by atoms with van der Waals surface area (Å²) in [6.45, 7) is 11.9. The molecule has 0 amide bonds. The van der Waals surface area contributed by atoms with Crippen LogP contribution in [0.4, 0.5) is 0 Å². The van der Waals surface area contributed by atoms with Crippen LogP contribution < -0.4 is 4.57 Å². The fourth-order valence-electron chi connectivity index (χ4n) is 6.98. The molecule has 3 heterocycles. The van der Waals surface area contributed by atoms with Crippen LogP contribution in [-0.4, -0.2) is 4.57 Å². The van der Waals surface area contributed by atoms with Crippen LogP contribution >= 0.6 is 0 Å². The maximum atomic E-state index is 2.55. The molecule has 2 atom stereocenters. The number of fused-ring (bicyclic) bond motifs is 6. The smallest absolute Gasteiger partial charge is 0.213 e. The van der Waals surface area contributed by atoms with E-state index in [1.165, 1.54) is 62.7 Å². The van der Waals surface area contributed by atoms with Crippen LogP contribution in [0.25, 0.3) is 38.8 Å². The highest BCUT2D eigenvalue weighted by molar-refractivity contribution is 6.09. The average Bonchev–Trinajstić information content (AvgIpc) is 3.28. The Hall–Kier alpha value is -3.39. The van der Waals surface area contributed by atoms with E-state index >= 15 is 0 Å². The largest absolute Gasteiger partial charge is 0.309 e. The lowest BCUT2D eigenvalue weighted by Crippen LogP contribution is -2.67. The molecule has 1 aliphatic heterocycles. The number of pyridine rings is 1. The predicted octanol–water partition coefficient (Wildman–Crippen LogP) is 8.89. The number of aromatic nitrogens is 2. The summed E-state index contributed by atoms with van der Waals surface area (Å²) in [5.74, 6) is 0. The molecule has 6 rings (SSSR count). The molecule has 0 saturated carbocycles. The summed E-state index contributed by atoms with van der Waals surface area (Å²) in [5, 5.41) is 2.66. The molecule has 188 valence electrons. The molecule has 0 N–H and O–H groups in total. The van der Waals surface area contributed by atoms with Gasteiger partial charge in [0.05, 0.1) is 22.0 Å². The second-order valence-electron chi connectivity index (χ2n) is 11.3. The third-order valence-corrected chi connectivity index (χ3v) is 9.66. The number of rotatable bonds is 6. The maximum Gasteiger partial charge on any atom is 0.213 e. The van der Waals surface area contributed by atoms with Gasteiger partial charge in [-0.3, -0.25) is 0 Å². The fraction of sp³-hybridized carbons (Fsp3) is 0.343. The van der Waals surface area contributed by atoms with E-state index < -0.39 is 0 Å². The highest BCUT2D eigenvalue weighted by Gasteiger charge is 2.56. The zero-order valence-electron chi connectivity index (χ0n) is 23.0. The summed E-state index contributed by atoms with van der Waals surface area (Å²) in [7, 11) is 0. The summed E-state index contributed by atoms with van der Waals surface area (Å²) in [4.78, 5) is 0. The molecule has 2 heteroatoms. The first-order valence-corrected chi connectivity index (χ1v) is 14.2. The molecular weight excluding hydrogens is 448 g/mol. The lowest BCUT2D eigenvalue weighted by molar-refractivity contribution is -0.765. The van der Waals surface area contributed by atoms with E-state index in [1.54, 1.807) is 0 Å². The molecule has 0 spiro atoms. The Labute approximate surface area is 221 Å². The van der Waals surface area contributed by atoms with Gasteiger partial charge in [0.1, 0.15) is 0 Å². The van der Waals surface area contributed by atoms with E-state index in [2.05, 4.69) is 129 Å². The lowest BCUT2D eigenvalue weighted by atomic mass is 9.60. The number of unbranched alkanes of at least 4 members (excludes halogenated alkanes) is 1. The van der Waals surface area contributed by atoms with Crippen molar-refractivity contribution in [2.24, 2.45) is 0 Å². The highest BCUT2D eigenvalue weighted by Crippen LogP contribution is 2.50. The Kier molecular flexibility index (Phi) is 5.75. The summed E-state index contributed by atoms with van der Waals surface area (Å²) >= 11 is 0. The Bertz CT molecular complexity index is 1620. The van der Waals surface area contributed by atoms with E-state index in [-0.39, 0.29) is 11.0 Å². The standard InChI is InChI=1S/C35H39N2/c1-6-9-14-25-18-20-28-27-15-10-11-17-32(27)37(33(28)23-25)26-19-21-30-29(24-26)31-16-12-13-22-36(31)35(5,8-3)34(30,4)7-2/h10-13,15-24H,6-9,14H2,1-5H3/q+1. The fourth-order valence-corrected chi connectivity index (χ4v) is 6.98. The Morgan fingerprint density at radius 3 is 2.32 bits per heavy atom. The van der Waals surface area contributed by atoms with Crippen molar-refractivity contribution in [1.29, 1.82) is 0 Å². The molecule has 0 saturated heterocycles. The van der Waals surface area contributed by atoms with Crippen molar-refractivity contribution in [3.8, 4) is 16.9 Å². The van der Waals surface area contributed by atoms with E-state index in [1.807, 2.05) is 0 Å². The van der Waals surface area contributed by atoms with Crippen molar-refractivity contribution >= 4 is 21.8 Å². The first kappa shape index (κ1) is 24.0. The Balaban J connectivity index is 1.64. The number of hydrogen-bond acceptors (Lipinski definition) is 0. The molecule has 2 nitrogen and oxygen atoms in total. The van der Waals surface area contributed by atoms with Crippen LogP contribution in [-0.2, 0) is 17.4 Å². The van der Waals surface area contributed by atoms with Crippen LogP contribution in [0.3, 0.4) is 0 Å². The van der Waals surface area contributed by atoms with E-state index in [9.17, 15) is 0 Å². The summed E-state index contributed by atoms with van der Waals surface area (Å²) < 4.78 is 5.04. The van der Waals surface area contributed by atoms with Crippen LogP contribution in [0.5, 0.6) is 0 Å². The van der Waals surface area contributed by atoms with Crippen molar-refractivity contribution in [3.63, 3.8) is 0 Å². The molecule has 0 aliphatic carbocycles. The zero-order chi connectivity index (χ0) is 25.8. The average molecular weight is 488 g/mol. The van der Waals surface area contributed by atoms with Gasteiger partial charge in [-0.1, -0.05) is 63.6 Å². The minimum Gasteiger partial charge on any atom is -0.309 e. The van der Waals surface area contributed by atoms with Crippen LogP contribution in [0.1, 0.15) is 71.4 Å². The van der Waals surface area contributed by atoms with Crippen LogP contribution in [0.15, 0.2) is 85.1 Å². The van der Waals surface area contributed by atoms with Gasteiger partial charge in [0, 0.05) is 41.9 Å². The van der Waals surface area contributed by atoms with Crippen molar-refractivity contribution in [2.45, 2.75) is 77.7 Å². The molecule has 1 aliphatic rings. The van der Waals surface area contributed by atoms with Gasteiger partial charge in [0.2, 0.25) is 5.69 Å². The van der Waals surface area contributed by atoms with Gasteiger partial charge in [0.25, 0.3) is 0 Å². The van der Waals surface area contributed by atoms with Gasteiger partial charge in [-0.25, -0.2) is 0 Å². The van der Waals surface area contributed by atoms with E-state index in [0.29, 0.717) is 0 Å². The number of aryl methyl sites for hydroxylation is 1. The highest BCUT2D eigenvalue weighted by atomic mass is 15.1. The molecule has 2 unspecified atom stereocenters. The van der Waals surface area contributed by atoms with Crippen molar-refractivity contribution in [3.05, 3.63) is 96.2 Å². The molecule has 0 bridgehead atoms. The minimum absolute atomic E-state index is 0.0217. The Morgan fingerprint density at radius 2 is 1.54 bits per heavy atom. The number of benzene rings is 3. The summed E-state index contributed by atoms with van der Waals surface area (Å²) in [6, 6.07) is 29.9. The maximum absolute atomic E-state index is 2.55. The first-order chi connectivity index (χ1) is 18.0. The predicted molar refractivity (Wildman–Crippen MR) is 157 cm³/mol. The topological polar surface area (TPSA) is 8.81 Å². The molecule has 0 fully saturated rings. The minimum atomic E-state index is 0.0217. The third kappa shape index (κ3) is 3.34. The van der Waals surface area contributed by atoms with Crippen molar-refractivity contribution in [2.75, 3.05) is 0 Å². The number of hydrogen-bond donors (Lipinski definition) is 0. The Morgan fingerprint density at radius 1 is 0.757 bits per heavy atom. The van der Waals surface area contributed by atoms with Gasteiger partial charge >= 0.3 is 0 Å². The second kappa shape index (κ2) is 8.87. The molecular formula is C35H39N2+.